The Hall–Kier alpha value is -7.30. The SMILES string of the molecule is c1ccc(-c2ccc(-n3c4ccccc4c4cc(-c5ccc6c(c5)c5cccc7c5n6-c5nc6ccccc6nc5-c5ccccc5-7)ccc43)cc2)cc1. The topological polar surface area (TPSA) is 35.6 Å². The van der Waals surface area contributed by atoms with E-state index in [-0.39, 0.29) is 0 Å². The van der Waals surface area contributed by atoms with Gasteiger partial charge in [-0.2, -0.15) is 0 Å². The fraction of sp³-hybridized carbons (Fsp3) is 0. The van der Waals surface area contributed by atoms with Crippen LogP contribution >= 0.6 is 0 Å². The van der Waals surface area contributed by atoms with Gasteiger partial charge in [0.1, 0.15) is 5.69 Å². The normalized spacial score (nSPS) is 12.1. The van der Waals surface area contributed by atoms with Gasteiger partial charge in [-0.3, -0.25) is 4.57 Å². The number of hydrogen-bond donors (Lipinski definition) is 0. The van der Waals surface area contributed by atoms with E-state index in [1.165, 1.54) is 66.0 Å². The van der Waals surface area contributed by atoms with E-state index in [4.69, 9.17) is 9.97 Å². The first-order valence-electron chi connectivity index (χ1n) is 18.4. The van der Waals surface area contributed by atoms with Gasteiger partial charge in [-0.15, -0.1) is 0 Å². The molecule has 0 radical (unpaired) electrons. The largest absolute Gasteiger partial charge is 0.309 e. The van der Waals surface area contributed by atoms with Crippen LogP contribution in [0.3, 0.4) is 0 Å². The van der Waals surface area contributed by atoms with E-state index >= 15 is 0 Å². The number of para-hydroxylation sites is 4. The molecule has 0 N–H and O–H groups in total. The van der Waals surface area contributed by atoms with Crippen LogP contribution < -0.4 is 0 Å². The maximum atomic E-state index is 5.31. The molecule has 3 aromatic heterocycles. The number of nitrogens with zero attached hydrogens (tertiary/aromatic N) is 4. The first-order chi connectivity index (χ1) is 26.8. The first-order valence-corrected chi connectivity index (χ1v) is 18.4. The van der Waals surface area contributed by atoms with Gasteiger partial charge in [-0.05, 0) is 82.4 Å². The third-order valence-corrected chi connectivity index (χ3v) is 11.3. The van der Waals surface area contributed by atoms with Crippen LogP contribution in [0.5, 0.6) is 0 Å². The van der Waals surface area contributed by atoms with Crippen molar-refractivity contribution in [3.05, 3.63) is 182 Å². The molecule has 0 unspecified atom stereocenters. The van der Waals surface area contributed by atoms with Crippen molar-refractivity contribution in [3.8, 4) is 56.1 Å². The Balaban J connectivity index is 1.06. The number of benzene rings is 8. The van der Waals surface area contributed by atoms with Crippen molar-refractivity contribution in [2.75, 3.05) is 0 Å². The molecule has 0 saturated carbocycles. The van der Waals surface area contributed by atoms with Crippen molar-refractivity contribution in [2.24, 2.45) is 0 Å². The van der Waals surface area contributed by atoms with Gasteiger partial charge in [-0.25, -0.2) is 9.97 Å². The summed E-state index contributed by atoms with van der Waals surface area (Å²) in [5.41, 5.74) is 16.8. The third-order valence-electron chi connectivity index (χ3n) is 11.3. The summed E-state index contributed by atoms with van der Waals surface area (Å²) in [6, 6.07) is 65.5. The number of fused-ring (bicyclic) bond motifs is 12. The van der Waals surface area contributed by atoms with Gasteiger partial charge < -0.3 is 4.57 Å². The molecule has 4 heterocycles. The lowest BCUT2D eigenvalue weighted by Gasteiger charge is -2.12. The Morgan fingerprint density at radius 2 is 0.889 bits per heavy atom. The number of aromatic nitrogens is 4. The monoisotopic (exact) mass is 686 g/mol. The summed E-state index contributed by atoms with van der Waals surface area (Å²) in [7, 11) is 0. The van der Waals surface area contributed by atoms with E-state index in [2.05, 4.69) is 179 Å². The molecule has 0 fully saturated rings. The molecule has 8 aromatic carbocycles. The van der Waals surface area contributed by atoms with E-state index in [0.29, 0.717) is 0 Å². The highest BCUT2D eigenvalue weighted by atomic mass is 15.1. The summed E-state index contributed by atoms with van der Waals surface area (Å²) < 4.78 is 4.73. The van der Waals surface area contributed by atoms with Crippen molar-refractivity contribution in [1.82, 2.24) is 19.1 Å². The Morgan fingerprint density at radius 1 is 0.333 bits per heavy atom. The molecule has 4 heteroatoms. The van der Waals surface area contributed by atoms with Crippen LogP contribution in [0.4, 0.5) is 0 Å². The van der Waals surface area contributed by atoms with Crippen molar-refractivity contribution in [3.63, 3.8) is 0 Å². The molecule has 1 aliphatic heterocycles. The van der Waals surface area contributed by atoms with Gasteiger partial charge in [0.15, 0.2) is 5.82 Å². The van der Waals surface area contributed by atoms with E-state index < -0.39 is 0 Å². The van der Waals surface area contributed by atoms with Crippen molar-refractivity contribution in [1.29, 1.82) is 0 Å². The molecule has 0 amide bonds. The third kappa shape index (κ3) is 4.13. The highest BCUT2D eigenvalue weighted by molar-refractivity contribution is 6.17. The quantitative estimate of drug-likeness (QED) is 0.185. The second-order valence-corrected chi connectivity index (χ2v) is 14.2. The summed E-state index contributed by atoms with van der Waals surface area (Å²) in [4.78, 5) is 10.6. The lowest BCUT2D eigenvalue weighted by molar-refractivity contribution is 1.09. The zero-order valence-electron chi connectivity index (χ0n) is 29.1. The number of rotatable bonds is 3. The maximum Gasteiger partial charge on any atom is 0.165 e. The molecule has 12 rings (SSSR count). The summed E-state index contributed by atoms with van der Waals surface area (Å²) >= 11 is 0. The van der Waals surface area contributed by atoms with Crippen LogP contribution in [0, 0.1) is 0 Å². The molecule has 250 valence electrons. The van der Waals surface area contributed by atoms with Gasteiger partial charge in [0.25, 0.3) is 0 Å². The molecular formula is C50H30N4. The Bertz CT molecular complexity index is 3310. The number of hydrogen-bond acceptors (Lipinski definition) is 2. The average Bonchev–Trinajstić information content (AvgIpc) is 3.72. The highest BCUT2D eigenvalue weighted by Gasteiger charge is 2.27. The molecule has 0 aliphatic carbocycles. The van der Waals surface area contributed by atoms with Crippen LogP contribution in [0.25, 0.3) is 111 Å². The Morgan fingerprint density at radius 3 is 1.69 bits per heavy atom. The Kier molecular flexibility index (Phi) is 6.02. The molecule has 0 saturated heterocycles. The van der Waals surface area contributed by atoms with Crippen molar-refractivity contribution < 1.29 is 0 Å². The lowest BCUT2D eigenvalue weighted by atomic mass is 9.96. The van der Waals surface area contributed by atoms with Gasteiger partial charge in [0, 0.05) is 38.4 Å². The van der Waals surface area contributed by atoms with E-state index in [1.807, 2.05) is 12.1 Å². The van der Waals surface area contributed by atoms with E-state index in [1.54, 1.807) is 0 Å². The van der Waals surface area contributed by atoms with Gasteiger partial charge in [0.05, 0.1) is 33.1 Å². The predicted octanol–water partition coefficient (Wildman–Crippen LogP) is 12.8. The van der Waals surface area contributed by atoms with Gasteiger partial charge >= 0.3 is 0 Å². The lowest BCUT2D eigenvalue weighted by Crippen LogP contribution is -2.02. The second kappa shape index (κ2) is 11.1. The fourth-order valence-electron chi connectivity index (χ4n) is 8.80. The van der Waals surface area contributed by atoms with Gasteiger partial charge in [0.2, 0.25) is 0 Å². The van der Waals surface area contributed by atoms with E-state index in [0.717, 1.165) is 44.8 Å². The summed E-state index contributed by atoms with van der Waals surface area (Å²) in [5.74, 6) is 0.866. The molecule has 0 atom stereocenters. The van der Waals surface area contributed by atoms with Crippen LogP contribution in [-0.4, -0.2) is 19.1 Å². The maximum absolute atomic E-state index is 5.31. The Labute approximate surface area is 310 Å². The second-order valence-electron chi connectivity index (χ2n) is 14.2. The molecule has 0 spiro atoms. The van der Waals surface area contributed by atoms with Crippen LogP contribution in [-0.2, 0) is 0 Å². The van der Waals surface area contributed by atoms with Crippen molar-refractivity contribution >= 4 is 54.6 Å². The summed E-state index contributed by atoms with van der Waals surface area (Å²) in [6.45, 7) is 0. The smallest absolute Gasteiger partial charge is 0.165 e. The zero-order chi connectivity index (χ0) is 35.3. The summed E-state index contributed by atoms with van der Waals surface area (Å²) in [5, 5.41) is 4.89. The zero-order valence-corrected chi connectivity index (χ0v) is 29.1. The van der Waals surface area contributed by atoms with E-state index in [9.17, 15) is 0 Å². The van der Waals surface area contributed by atoms with Crippen LogP contribution in [0.2, 0.25) is 0 Å². The summed E-state index contributed by atoms with van der Waals surface area (Å²) in [6.07, 6.45) is 0. The van der Waals surface area contributed by atoms with Crippen molar-refractivity contribution in [2.45, 2.75) is 0 Å². The standard InChI is InChI=1S/C50H30N4/c1-2-11-31(12-3-1)32-21-25-35(26-22-32)53-45-20-9-6-14-37(45)41-29-33(23-27-46(41)53)34-24-28-47-42(30-34)40-17-10-16-39-36-13-4-5-15-38(36)48-50(54(47)49(39)40)52-44-19-8-7-18-43(44)51-48/h1-30H. The highest BCUT2D eigenvalue weighted by Crippen LogP contribution is 2.46. The molecule has 11 aromatic rings. The first kappa shape index (κ1) is 29.3. The average molecular weight is 687 g/mol. The van der Waals surface area contributed by atoms with Crippen LogP contribution in [0.1, 0.15) is 0 Å². The molecule has 54 heavy (non-hydrogen) atoms. The predicted molar refractivity (Wildman–Crippen MR) is 224 cm³/mol. The minimum absolute atomic E-state index is 0.866. The minimum Gasteiger partial charge on any atom is -0.309 e. The minimum atomic E-state index is 0.866. The molecule has 4 nitrogen and oxygen atoms in total. The van der Waals surface area contributed by atoms with Crippen LogP contribution in [0.15, 0.2) is 182 Å². The van der Waals surface area contributed by atoms with Gasteiger partial charge in [-0.1, -0.05) is 127 Å². The molecule has 1 aliphatic rings. The molecule has 0 bridgehead atoms. The fourth-order valence-corrected chi connectivity index (χ4v) is 8.80. The molecular weight excluding hydrogens is 657 g/mol.